The molecular formula is C40H76O2Si3. The summed E-state index contributed by atoms with van der Waals surface area (Å²) in [6.45, 7) is 27.2. The molecule has 6 fully saturated rings. The van der Waals surface area contributed by atoms with Gasteiger partial charge in [0.05, 0.1) is 36.4 Å². The Hall–Kier alpha value is 0.571. The minimum atomic E-state index is -1.65. The quantitative estimate of drug-likeness (QED) is 0.239. The molecule has 4 aliphatic carbocycles. The average molecular weight is 673 g/mol. The fourth-order valence-electron chi connectivity index (χ4n) is 13.8. The first kappa shape index (κ1) is 35.4. The van der Waals surface area contributed by atoms with Crippen LogP contribution in [0.2, 0.25) is 61.4 Å². The van der Waals surface area contributed by atoms with E-state index in [-0.39, 0.29) is 0 Å². The first-order chi connectivity index (χ1) is 21.2. The maximum Gasteiger partial charge on any atom is 0.0846 e. The zero-order chi connectivity index (χ0) is 32.3. The Bertz CT molecular complexity index is 908. The van der Waals surface area contributed by atoms with Crippen molar-refractivity contribution < 1.29 is 9.47 Å². The molecule has 0 radical (unpaired) electrons. The van der Waals surface area contributed by atoms with Gasteiger partial charge in [-0.2, -0.15) is 0 Å². The molecule has 12 atom stereocenters. The van der Waals surface area contributed by atoms with E-state index < -0.39 is 24.2 Å². The van der Waals surface area contributed by atoms with Crippen LogP contribution in [0.4, 0.5) is 0 Å². The Morgan fingerprint density at radius 2 is 0.778 bits per heavy atom. The second-order valence-corrected chi connectivity index (χ2v) is 35.3. The van der Waals surface area contributed by atoms with Crippen LogP contribution in [0.1, 0.15) is 130 Å². The lowest BCUT2D eigenvalue weighted by Gasteiger charge is -2.48. The molecule has 45 heavy (non-hydrogen) atoms. The van der Waals surface area contributed by atoms with E-state index >= 15 is 0 Å². The molecule has 4 saturated carbocycles. The molecule has 2 heterocycles. The second-order valence-electron chi connectivity index (χ2n) is 20.1. The van der Waals surface area contributed by atoms with E-state index in [1.54, 1.807) is 0 Å². The number of hydrogen-bond acceptors (Lipinski definition) is 2. The highest BCUT2D eigenvalue weighted by atomic mass is 28.3. The summed E-state index contributed by atoms with van der Waals surface area (Å²) < 4.78 is 14.8. The summed E-state index contributed by atoms with van der Waals surface area (Å²) in [5, 5.41) is 0. The van der Waals surface area contributed by atoms with Gasteiger partial charge in [-0.3, -0.25) is 0 Å². The molecule has 2 saturated heterocycles. The lowest BCUT2D eigenvalue weighted by atomic mass is 9.95. The third kappa shape index (κ3) is 6.61. The lowest BCUT2D eigenvalue weighted by molar-refractivity contribution is 0.0345. The third-order valence-electron chi connectivity index (χ3n) is 16.9. The summed E-state index contributed by atoms with van der Waals surface area (Å²) >= 11 is 0. The highest BCUT2D eigenvalue weighted by Gasteiger charge is 2.60. The predicted octanol–water partition coefficient (Wildman–Crippen LogP) is 12.3. The second kappa shape index (κ2) is 13.7. The van der Waals surface area contributed by atoms with Crippen molar-refractivity contribution in [3.05, 3.63) is 0 Å². The molecule has 5 heteroatoms. The van der Waals surface area contributed by atoms with Gasteiger partial charge in [0.25, 0.3) is 0 Å². The number of rotatable bonds is 8. The maximum absolute atomic E-state index is 7.40. The Morgan fingerprint density at radius 1 is 0.422 bits per heavy atom. The van der Waals surface area contributed by atoms with Gasteiger partial charge in [0.1, 0.15) is 0 Å². The monoisotopic (exact) mass is 673 g/mol. The Labute approximate surface area is 283 Å². The Morgan fingerprint density at radius 3 is 1.13 bits per heavy atom. The molecule has 0 aromatic rings. The van der Waals surface area contributed by atoms with Gasteiger partial charge in [-0.15, -0.1) is 0 Å². The first-order valence-corrected chi connectivity index (χ1v) is 30.0. The van der Waals surface area contributed by atoms with Gasteiger partial charge in [0.2, 0.25) is 0 Å². The molecule has 2 aliphatic heterocycles. The topological polar surface area (TPSA) is 18.5 Å². The lowest BCUT2D eigenvalue weighted by Crippen LogP contribution is -2.50. The molecule has 0 spiro atoms. The van der Waals surface area contributed by atoms with Gasteiger partial charge < -0.3 is 9.47 Å². The largest absolute Gasteiger partial charge is 0.378 e. The average Bonchev–Trinajstić information content (AvgIpc) is 3.81. The zero-order valence-electron chi connectivity index (χ0n) is 31.7. The molecule has 0 bridgehead atoms. The van der Waals surface area contributed by atoms with Crippen molar-refractivity contribution in [2.24, 2.45) is 35.5 Å². The standard InChI is InChI=1S/C40H76O2Si3/c1-27-25-33(35-21-23-37(41-35)43(5,6)31-17-13-11-14-18-31)39(29(27)3)45(9,10)40-30(4)28(2)26-34(40)36-22-24-38(42-36)44(7,8)32-19-15-12-16-20-32/h27-40H,11-26H2,1-10H3. The molecule has 2 nitrogen and oxygen atoms in total. The fraction of sp³-hybridized carbons (Fsp3) is 1.00. The van der Waals surface area contributed by atoms with Crippen LogP contribution in [0, 0.1) is 35.5 Å². The van der Waals surface area contributed by atoms with Crippen LogP contribution in [0.25, 0.3) is 0 Å². The predicted molar refractivity (Wildman–Crippen MR) is 202 cm³/mol. The van der Waals surface area contributed by atoms with E-state index in [4.69, 9.17) is 9.47 Å². The van der Waals surface area contributed by atoms with Gasteiger partial charge in [-0.25, -0.2) is 0 Å². The minimum Gasteiger partial charge on any atom is -0.378 e. The van der Waals surface area contributed by atoms with Gasteiger partial charge in [0.15, 0.2) is 0 Å². The summed E-state index contributed by atoms with van der Waals surface area (Å²) in [7, 11) is -4.44. The van der Waals surface area contributed by atoms with E-state index in [1.165, 1.54) is 103 Å². The van der Waals surface area contributed by atoms with Crippen molar-refractivity contribution in [1.82, 2.24) is 0 Å². The first-order valence-electron chi connectivity index (χ1n) is 20.5. The summed E-state index contributed by atoms with van der Waals surface area (Å²) in [4.78, 5) is 0. The van der Waals surface area contributed by atoms with E-state index in [9.17, 15) is 0 Å². The van der Waals surface area contributed by atoms with Gasteiger partial charge in [0, 0.05) is 11.5 Å². The van der Waals surface area contributed by atoms with Crippen molar-refractivity contribution in [1.29, 1.82) is 0 Å². The van der Waals surface area contributed by atoms with Crippen molar-refractivity contribution in [3.8, 4) is 0 Å². The maximum atomic E-state index is 7.40. The SMILES string of the molecule is CC1CC(C2CCC([Si](C)(C)C3CCCCC3)O2)C([Si](C)(C)C2C(C)C(C)CC2C2CCC([Si](C)(C)C3CCCCC3)O2)C1C. The summed E-state index contributed by atoms with van der Waals surface area (Å²) in [5.41, 5.74) is 5.03. The molecule has 0 N–H and O–H groups in total. The summed E-state index contributed by atoms with van der Waals surface area (Å²) in [5.74, 6) is 5.00. The molecule has 0 amide bonds. The van der Waals surface area contributed by atoms with Gasteiger partial charge >= 0.3 is 0 Å². The van der Waals surface area contributed by atoms with Crippen molar-refractivity contribution >= 4 is 24.2 Å². The van der Waals surface area contributed by atoms with Gasteiger partial charge in [-0.05, 0) is 96.2 Å². The summed E-state index contributed by atoms with van der Waals surface area (Å²) in [6, 6.07) is 0. The molecule has 0 aromatic heterocycles. The van der Waals surface area contributed by atoms with Gasteiger partial charge in [-0.1, -0.05) is 131 Å². The summed E-state index contributed by atoms with van der Waals surface area (Å²) in [6.07, 6.45) is 24.2. The van der Waals surface area contributed by atoms with Crippen LogP contribution in [0.15, 0.2) is 0 Å². The molecule has 6 aliphatic rings. The normalized spacial score (nSPS) is 44.7. The van der Waals surface area contributed by atoms with Crippen molar-refractivity contribution in [2.75, 3.05) is 0 Å². The Kier molecular flexibility index (Phi) is 10.8. The molecule has 6 rings (SSSR count). The van der Waals surface area contributed by atoms with E-state index in [2.05, 4.69) is 67.0 Å². The number of hydrogen-bond donors (Lipinski definition) is 0. The van der Waals surface area contributed by atoms with E-state index in [0.717, 1.165) is 57.7 Å². The molecule has 0 aromatic carbocycles. The number of ether oxygens (including phenoxy) is 2. The molecular weight excluding hydrogens is 597 g/mol. The van der Waals surface area contributed by atoms with E-state index in [1.807, 2.05) is 0 Å². The van der Waals surface area contributed by atoms with Crippen LogP contribution in [0.3, 0.4) is 0 Å². The van der Waals surface area contributed by atoms with Crippen molar-refractivity contribution in [2.45, 2.75) is 216 Å². The van der Waals surface area contributed by atoms with Crippen LogP contribution in [-0.4, -0.2) is 47.9 Å². The van der Waals surface area contributed by atoms with Crippen LogP contribution >= 0.6 is 0 Å². The highest BCUT2D eigenvalue weighted by molar-refractivity contribution is 6.81. The molecule has 260 valence electrons. The van der Waals surface area contributed by atoms with Crippen LogP contribution < -0.4 is 0 Å². The minimum absolute atomic E-state index is 0.538. The Balaban J connectivity index is 1.19. The van der Waals surface area contributed by atoms with E-state index in [0.29, 0.717) is 23.7 Å². The zero-order valence-corrected chi connectivity index (χ0v) is 34.7. The van der Waals surface area contributed by atoms with Crippen molar-refractivity contribution in [3.63, 3.8) is 0 Å². The highest BCUT2D eigenvalue weighted by Crippen LogP contribution is 2.63. The van der Waals surface area contributed by atoms with Crippen LogP contribution in [-0.2, 0) is 9.47 Å². The fourth-order valence-corrected chi connectivity index (χ4v) is 28.2. The molecule has 12 unspecified atom stereocenters. The smallest absolute Gasteiger partial charge is 0.0846 e. The van der Waals surface area contributed by atoms with Crippen LogP contribution in [0.5, 0.6) is 0 Å². The third-order valence-corrected chi connectivity index (χ3v) is 31.8.